The van der Waals surface area contributed by atoms with Crippen LogP contribution in [0.25, 0.3) is 0 Å². The van der Waals surface area contributed by atoms with E-state index in [4.69, 9.17) is 18.9 Å². The van der Waals surface area contributed by atoms with E-state index in [0.29, 0.717) is 0 Å². The van der Waals surface area contributed by atoms with Crippen LogP contribution >= 0.6 is 0 Å². The van der Waals surface area contributed by atoms with E-state index in [1.165, 1.54) is 19.1 Å². The van der Waals surface area contributed by atoms with Crippen molar-refractivity contribution in [3.05, 3.63) is 71.8 Å². The molecular formula is C21H20O8. The van der Waals surface area contributed by atoms with Gasteiger partial charge in [0.2, 0.25) is 0 Å². The summed E-state index contributed by atoms with van der Waals surface area (Å²) in [4.78, 5) is 36.4. The zero-order valence-corrected chi connectivity index (χ0v) is 15.6. The molecule has 4 atom stereocenters. The van der Waals surface area contributed by atoms with Gasteiger partial charge in [-0.1, -0.05) is 36.4 Å². The number of aliphatic hydroxyl groups is 1. The minimum absolute atomic E-state index is 0.229. The molecule has 1 heterocycles. The molecule has 2 aromatic rings. The summed E-state index contributed by atoms with van der Waals surface area (Å²) >= 11 is 0. The predicted molar refractivity (Wildman–Crippen MR) is 98.8 cm³/mol. The Morgan fingerprint density at radius 2 is 1.31 bits per heavy atom. The summed E-state index contributed by atoms with van der Waals surface area (Å²) in [5, 5.41) is 10.2. The van der Waals surface area contributed by atoms with Crippen molar-refractivity contribution in [2.75, 3.05) is 6.61 Å². The molecule has 1 aliphatic heterocycles. The Labute approximate surface area is 167 Å². The van der Waals surface area contributed by atoms with E-state index in [0.717, 1.165) is 0 Å². The lowest BCUT2D eigenvalue weighted by atomic mass is 10.0. The van der Waals surface area contributed by atoms with Crippen molar-refractivity contribution in [1.29, 1.82) is 0 Å². The van der Waals surface area contributed by atoms with Crippen LogP contribution < -0.4 is 0 Å². The van der Waals surface area contributed by atoms with E-state index in [1.807, 2.05) is 0 Å². The first-order valence-corrected chi connectivity index (χ1v) is 8.94. The number of hydrogen-bond acceptors (Lipinski definition) is 8. The third-order valence-corrected chi connectivity index (χ3v) is 4.23. The van der Waals surface area contributed by atoms with E-state index in [9.17, 15) is 19.5 Å². The highest BCUT2D eigenvalue weighted by Crippen LogP contribution is 2.25. The van der Waals surface area contributed by atoms with Gasteiger partial charge < -0.3 is 24.1 Å². The Morgan fingerprint density at radius 3 is 1.79 bits per heavy atom. The molecule has 152 valence electrons. The Balaban J connectivity index is 1.84. The van der Waals surface area contributed by atoms with E-state index in [2.05, 4.69) is 0 Å². The van der Waals surface area contributed by atoms with Crippen molar-refractivity contribution in [3.63, 3.8) is 0 Å². The summed E-state index contributed by atoms with van der Waals surface area (Å²) in [6.45, 7) is 0.957. The molecule has 1 fully saturated rings. The lowest BCUT2D eigenvalue weighted by molar-refractivity contribution is -0.256. The van der Waals surface area contributed by atoms with Crippen molar-refractivity contribution in [3.8, 4) is 0 Å². The highest BCUT2D eigenvalue weighted by atomic mass is 16.7. The first-order chi connectivity index (χ1) is 14.0. The number of benzene rings is 2. The van der Waals surface area contributed by atoms with Crippen LogP contribution in [-0.4, -0.2) is 54.2 Å². The molecule has 3 rings (SSSR count). The second kappa shape index (κ2) is 9.31. The lowest BCUT2D eigenvalue weighted by Gasteiger charge is -2.38. The Morgan fingerprint density at radius 1 is 0.828 bits per heavy atom. The zero-order valence-electron chi connectivity index (χ0n) is 15.6. The standard InChI is InChI=1S/C21H20O8/c1-13(22)27-16-12-26-21(25)18(29-20(24)15-10-6-3-7-11-15)17(16)28-19(23)14-8-4-2-5-9-14/h2-11,16-18,21,25H,12H2,1H3/t16-,17+,18-,21-/m0/s1. The molecular weight excluding hydrogens is 380 g/mol. The van der Waals surface area contributed by atoms with Crippen molar-refractivity contribution >= 4 is 17.9 Å². The summed E-state index contributed by atoms with van der Waals surface area (Å²) < 4.78 is 21.2. The SMILES string of the molecule is CC(=O)O[C@H]1CO[C@H](O)[C@@H](OC(=O)c2ccccc2)[C@@H]1OC(=O)c1ccccc1. The molecule has 2 aromatic carbocycles. The molecule has 0 amide bonds. The van der Waals surface area contributed by atoms with Gasteiger partial charge in [-0.2, -0.15) is 0 Å². The number of rotatable bonds is 5. The normalized spacial score (nSPS) is 23.7. The maximum atomic E-state index is 12.5. The molecule has 0 radical (unpaired) electrons. The van der Waals surface area contributed by atoms with Gasteiger partial charge >= 0.3 is 17.9 Å². The summed E-state index contributed by atoms with van der Waals surface area (Å²) in [6, 6.07) is 16.3. The Bertz CT molecular complexity index is 851. The van der Waals surface area contributed by atoms with E-state index < -0.39 is 42.5 Å². The number of hydrogen-bond donors (Lipinski definition) is 1. The fourth-order valence-electron chi connectivity index (χ4n) is 2.87. The molecule has 29 heavy (non-hydrogen) atoms. The quantitative estimate of drug-likeness (QED) is 0.597. The molecule has 0 bridgehead atoms. The van der Waals surface area contributed by atoms with Crippen LogP contribution in [0.15, 0.2) is 60.7 Å². The van der Waals surface area contributed by atoms with E-state index in [-0.39, 0.29) is 17.7 Å². The highest BCUT2D eigenvalue weighted by molar-refractivity contribution is 5.90. The van der Waals surface area contributed by atoms with Crippen LogP contribution in [0.3, 0.4) is 0 Å². The average Bonchev–Trinajstić information content (AvgIpc) is 2.73. The van der Waals surface area contributed by atoms with Crippen molar-refractivity contribution in [2.24, 2.45) is 0 Å². The van der Waals surface area contributed by atoms with Gasteiger partial charge in [0.1, 0.15) is 0 Å². The van der Waals surface area contributed by atoms with Gasteiger partial charge in [-0.15, -0.1) is 0 Å². The number of carbonyl (C=O) groups is 3. The van der Waals surface area contributed by atoms with Crippen LogP contribution in [0.1, 0.15) is 27.6 Å². The molecule has 0 saturated carbocycles. The lowest BCUT2D eigenvalue weighted by Crippen LogP contribution is -2.57. The largest absolute Gasteiger partial charge is 0.456 e. The minimum atomic E-state index is -1.57. The molecule has 0 unspecified atom stereocenters. The maximum absolute atomic E-state index is 12.5. The number of ether oxygens (including phenoxy) is 4. The van der Waals surface area contributed by atoms with Crippen LogP contribution in [0.4, 0.5) is 0 Å². The molecule has 8 nitrogen and oxygen atoms in total. The van der Waals surface area contributed by atoms with Gasteiger partial charge in [-0.25, -0.2) is 9.59 Å². The van der Waals surface area contributed by atoms with Crippen molar-refractivity contribution < 1.29 is 38.4 Å². The van der Waals surface area contributed by atoms with Crippen LogP contribution in [0, 0.1) is 0 Å². The summed E-state index contributed by atoms with van der Waals surface area (Å²) in [6.07, 6.45) is -5.28. The van der Waals surface area contributed by atoms with Gasteiger partial charge in [-0.3, -0.25) is 4.79 Å². The number of aliphatic hydroxyl groups excluding tert-OH is 1. The maximum Gasteiger partial charge on any atom is 0.338 e. The number of esters is 3. The van der Waals surface area contributed by atoms with Crippen LogP contribution in [0.2, 0.25) is 0 Å². The molecule has 0 spiro atoms. The smallest absolute Gasteiger partial charge is 0.338 e. The fourth-order valence-corrected chi connectivity index (χ4v) is 2.87. The summed E-state index contributed by atoms with van der Waals surface area (Å²) in [5.41, 5.74) is 0.491. The topological polar surface area (TPSA) is 108 Å². The number of carbonyl (C=O) groups excluding carboxylic acids is 3. The average molecular weight is 400 g/mol. The molecule has 0 aliphatic carbocycles. The first-order valence-electron chi connectivity index (χ1n) is 8.94. The fraction of sp³-hybridized carbons (Fsp3) is 0.286. The zero-order chi connectivity index (χ0) is 20.8. The highest BCUT2D eigenvalue weighted by Gasteiger charge is 2.47. The molecule has 1 N–H and O–H groups in total. The van der Waals surface area contributed by atoms with Gasteiger partial charge in [-0.05, 0) is 24.3 Å². The van der Waals surface area contributed by atoms with Crippen molar-refractivity contribution in [1.82, 2.24) is 0 Å². The molecule has 1 saturated heterocycles. The van der Waals surface area contributed by atoms with Gasteiger partial charge in [0.05, 0.1) is 17.7 Å². The molecule has 0 aromatic heterocycles. The van der Waals surface area contributed by atoms with Crippen LogP contribution in [-0.2, 0) is 23.7 Å². The van der Waals surface area contributed by atoms with Gasteiger partial charge in [0, 0.05) is 6.92 Å². The molecule has 1 aliphatic rings. The minimum Gasteiger partial charge on any atom is -0.456 e. The first kappa shape index (κ1) is 20.5. The summed E-state index contributed by atoms with van der Waals surface area (Å²) in [7, 11) is 0. The van der Waals surface area contributed by atoms with E-state index in [1.54, 1.807) is 48.5 Å². The molecule has 8 heteroatoms. The monoisotopic (exact) mass is 400 g/mol. The third-order valence-electron chi connectivity index (χ3n) is 4.23. The third kappa shape index (κ3) is 5.18. The predicted octanol–water partition coefficient (Wildman–Crippen LogP) is 1.72. The Hall–Kier alpha value is -3.23. The Kier molecular flexibility index (Phi) is 6.58. The van der Waals surface area contributed by atoms with E-state index >= 15 is 0 Å². The van der Waals surface area contributed by atoms with Gasteiger partial charge in [0.25, 0.3) is 0 Å². The van der Waals surface area contributed by atoms with Crippen LogP contribution in [0.5, 0.6) is 0 Å². The summed E-state index contributed by atoms with van der Waals surface area (Å²) in [5.74, 6) is -2.10. The van der Waals surface area contributed by atoms with Crippen molar-refractivity contribution in [2.45, 2.75) is 31.5 Å². The second-order valence-corrected chi connectivity index (χ2v) is 6.34. The van der Waals surface area contributed by atoms with Gasteiger partial charge in [0.15, 0.2) is 24.6 Å². The second-order valence-electron chi connectivity index (χ2n) is 6.34.